The first-order valence-electron chi connectivity index (χ1n) is 9.21. The minimum Gasteiger partial charge on any atom is -0.493 e. The molecule has 0 spiro atoms. The molecule has 148 valence electrons. The van der Waals surface area contributed by atoms with Crippen molar-refractivity contribution >= 4 is 29.7 Å². The summed E-state index contributed by atoms with van der Waals surface area (Å²) >= 11 is 0. The van der Waals surface area contributed by atoms with E-state index in [0.717, 1.165) is 17.1 Å². The number of methoxy groups -OCH3 is 2. The molecule has 1 aliphatic rings. The quantitative estimate of drug-likeness (QED) is 0.761. The summed E-state index contributed by atoms with van der Waals surface area (Å²) < 4.78 is 12.6. The number of imidazole rings is 1. The summed E-state index contributed by atoms with van der Waals surface area (Å²) in [6.07, 6.45) is 3.87. The lowest BCUT2D eigenvalue weighted by Crippen LogP contribution is -2.46. The zero-order chi connectivity index (χ0) is 20.4. The van der Waals surface area contributed by atoms with Gasteiger partial charge in [0.15, 0.2) is 17.3 Å². The fourth-order valence-corrected chi connectivity index (χ4v) is 3.38. The van der Waals surface area contributed by atoms with Crippen LogP contribution in [-0.2, 0) is 7.05 Å². The maximum absolute atomic E-state index is 12.7. The molecule has 2 amide bonds. The second kappa shape index (κ2) is 7.80. The van der Waals surface area contributed by atoms with Gasteiger partial charge in [0.1, 0.15) is 11.5 Å². The van der Waals surface area contributed by atoms with Gasteiger partial charge in [0.2, 0.25) is 0 Å². The molecule has 2 heterocycles. The fourth-order valence-electron chi connectivity index (χ4n) is 3.38. The summed E-state index contributed by atoms with van der Waals surface area (Å²) in [5.41, 5.74) is 2.49. The highest BCUT2D eigenvalue weighted by Crippen LogP contribution is 2.35. The fraction of sp³-hybridized carbons (Fsp3) is 0.333. The summed E-state index contributed by atoms with van der Waals surface area (Å²) in [4.78, 5) is 20.7. The molecule has 0 saturated carbocycles. The van der Waals surface area contributed by atoms with Crippen LogP contribution in [-0.4, -0.2) is 47.8 Å². The molecule has 7 nitrogen and oxygen atoms in total. The summed E-state index contributed by atoms with van der Waals surface area (Å²) in [5, 5.41) is 0. The molecule has 0 aliphatic carbocycles. The van der Waals surface area contributed by atoms with Crippen LogP contribution >= 0.6 is 0 Å². The standard InChI is InChI=1S/C21H26N4O3/c1-7-24-14(3)19-20(25(8-2)21(24)26)22-18(23(19)4)12-10-15-9-11-16(27-5)17(13-15)28-6/h9-13H,3,7-8H2,1-2,4-6H3/b12-10+. The van der Waals surface area contributed by atoms with Gasteiger partial charge in [0.25, 0.3) is 0 Å². The summed E-state index contributed by atoms with van der Waals surface area (Å²) in [6.45, 7) is 9.12. The van der Waals surface area contributed by atoms with E-state index in [1.54, 1.807) is 24.0 Å². The van der Waals surface area contributed by atoms with Crippen molar-refractivity contribution < 1.29 is 14.3 Å². The molecule has 28 heavy (non-hydrogen) atoms. The number of hydrogen-bond acceptors (Lipinski definition) is 4. The molecule has 1 aromatic carbocycles. The number of nitrogens with zero attached hydrogens (tertiary/aromatic N) is 4. The predicted molar refractivity (Wildman–Crippen MR) is 112 cm³/mol. The molecule has 3 rings (SSSR count). The summed E-state index contributed by atoms with van der Waals surface area (Å²) in [6, 6.07) is 5.62. The first-order chi connectivity index (χ1) is 13.5. The average molecular weight is 382 g/mol. The van der Waals surface area contributed by atoms with Crippen LogP contribution in [0.2, 0.25) is 0 Å². The number of anilines is 1. The highest BCUT2D eigenvalue weighted by molar-refractivity contribution is 6.03. The van der Waals surface area contributed by atoms with E-state index in [1.165, 1.54) is 0 Å². The Morgan fingerprint density at radius 2 is 1.75 bits per heavy atom. The molecule has 0 N–H and O–H groups in total. The molecule has 7 heteroatoms. The van der Waals surface area contributed by atoms with Crippen LogP contribution in [0.25, 0.3) is 17.8 Å². The Kier molecular flexibility index (Phi) is 5.44. The first-order valence-corrected chi connectivity index (χ1v) is 9.21. The van der Waals surface area contributed by atoms with Crippen LogP contribution < -0.4 is 14.4 Å². The van der Waals surface area contributed by atoms with Crippen molar-refractivity contribution in [3.63, 3.8) is 0 Å². The van der Waals surface area contributed by atoms with Gasteiger partial charge in [-0.25, -0.2) is 9.78 Å². The van der Waals surface area contributed by atoms with Gasteiger partial charge in [-0.15, -0.1) is 0 Å². The van der Waals surface area contributed by atoms with Crippen LogP contribution in [0.15, 0.2) is 24.8 Å². The molecule has 1 aromatic heterocycles. The van der Waals surface area contributed by atoms with Gasteiger partial charge in [-0.05, 0) is 37.6 Å². The van der Waals surface area contributed by atoms with Gasteiger partial charge in [-0.2, -0.15) is 0 Å². The van der Waals surface area contributed by atoms with Crippen LogP contribution in [0, 0.1) is 0 Å². The Morgan fingerprint density at radius 1 is 1.07 bits per heavy atom. The maximum atomic E-state index is 12.7. The van der Waals surface area contributed by atoms with Crippen molar-refractivity contribution in [1.29, 1.82) is 0 Å². The zero-order valence-electron chi connectivity index (χ0n) is 17.0. The number of benzene rings is 1. The number of carbonyl (C=O) groups excluding carboxylic acids is 1. The van der Waals surface area contributed by atoms with Gasteiger partial charge >= 0.3 is 6.03 Å². The number of aromatic nitrogens is 2. The van der Waals surface area contributed by atoms with E-state index in [2.05, 4.69) is 6.58 Å². The van der Waals surface area contributed by atoms with Gasteiger partial charge in [-0.3, -0.25) is 9.80 Å². The largest absolute Gasteiger partial charge is 0.493 e. The van der Waals surface area contributed by atoms with Crippen molar-refractivity contribution in [3.05, 3.63) is 41.9 Å². The van der Waals surface area contributed by atoms with E-state index in [4.69, 9.17) is 14.5 Å². The number of ether oxygens (including phenoxy) is 2. The number of urea groups is 1. The summed E-state index contributed by atoms with van der Waals surface area (Å²) in [7, 11) is 5.15. The van der Waals surface area contributed by atoms with Gasteiger partial charge in [0.05, 0.1) is 19.9 Å². The smallest absolute Gasteiger partial charge is 0.330 e. The Hall–Kier alpha value is -3.22. The molecule has 0 atom stereocenters. The lowest BCUT2D eigenvalue weighted by atomic mass is 10.2. The van der Waals surface area contributed by atoms with E-state index in [-0.39, 0.29) is 6.03 Å². The van der Waals surface area contributed by atoms with E-state index in [1.807, 2.05) is 55.8 Å². The van der Waals surface area contributed by atoms with E-state index >= 15 is 0 Å². The van der Waals surface area contributed by atoms with Crippen LogP contribution in [0.4, 0.5) is 10.6 Å². The molecule has 0 bridgehead atoms. The highest BCUT2D eigenvalue weighted by atomic mass is 16.5. The van der Waals surface area contributed by atoms with Crippen molar-refractivity contribution in [2.24, 2.45) is 7.05 Å². The van der Waals surface area contributed by atoms with Crippen LogP contribution in [0.5, 0.6) is 11.5 Å². The Balaban J connectivity index is 2.00. The number of amides is 2. The van der Waals surface area contributed by atoms with Gasteiger partial charge < -0.3 is 14.0 Å². The third-order valence-corrected chi connectivity index (χ3v) is 4.89. The molecular weight excluding hydrogens is 356 g/mol. The lowest BCUT2D eigenvalue weighted by Gasteiger charge is -2.35. The minimum absolute atomic E-state index is 0.0870. The van der Waals surface area contributed by atoms with E-state index in [9.17, 15) is 4.79 Å². The molecule has 2 aromatic rings. The SMILES string of the molecule is C=C1c2c(nc(/C=C/c3ccc(OC)c(OC)c3)n2C)N(CC)C(=O)N1CC. The van der Waals surface area contributed by atoms with E-state index in [0.29, 0.717) is 36.1 Å². The monoisotopic (exact) mass is 382 g/mol. The topological polar surface area (TPSA) is 59.8 Å². The van der Waals surface area contributed by atoms with Gasteiger partial charge in [-0.1, -0.05) is 18.7 Å². The molecule has 0 fully saturated rings. The molecule has 0 unspecified atom stereocenters. The second-order valence-electron chi connectivity index (χ2n) is 6.37. The van der Waals surface area contributed by atoms with Crippen molar-refractivity contribution in [3.8, 4) is 11.5 Å². The second-order valence-corrected chi connectivity index (χ2v) is 6.37. The maximum Gasteiger partial charge on any atom is 0.330 e. The number of fused-ring (bicyclic) bond motifs is 1. The Bertz CT molecular complexity index is 945. The lowest BCUT2D eigenvalue weighted by molar-refractivity contribution is 0.224. The molecule has 0 saturated heterocycles. The van der Waals surface area contributed by atoms with Crippen molar-refractivity contribution in [2.75, 3.05) is 32.2 Å². The summed E-state index contributed by atoms with van der Waals surface area (Å²) in [5.74, 6) is 2.74. The van der Waals surface area contributed by atoms with Crippen molar-refractivity contribution in [2.45, 2.75) is 13.8 Å². The van der Waals surface area contributed by atoms with Crippen LogP contribution in [0.3, 0.4) is 0 Å². The zero-order valence-corrected chi connectivity index (χ0v) is 17.0. The van der Waals surface area contributed by atoms with Crippen molar-refractivity contribution in [1.82, 2.24) is 14.5 Å². The van der Waals surface area contributed by atoms with Crippen LogP contribution in [0.1, 0.15) is 30.9 Å². The van der Waals surface area contributed by atoms with E-state index < -0.39 is 0 Å². The Labute approximate surface area is 165 Å². The van der Waals surface area contributed by atoms with Gasteiger partial charge in [0, 0.05) is 20.1 Å². The Morgan fingerprint density at radius 3 is 2.36 bits per heavy atom. The number of rotatable bonds is 6. The third-order valence-electron chi connectivity index (χ3n) is 4.89. The first kappa shape index (κ1) is 19.5. The number of hydrogen-bond donors (Lipinski definition) is 0. The predicted octanol–water partition coefficient (Wildman–Crippen LogP) is 3.86. The number of carbonyl (C=O) groups is 1. The normalized spacial score (nSPS) is 14.0. The molecule has 1 aliphatic heterocycles. The average Bonchev–Trinajstić information content (AvgIpc) is 3.03. The third kappa shape index (κ3) is 3.13. The molecular formula is C21H26N4O3. The minimum atomic E-state index is -0.0870. The molecule has 0 radical (unpaired) electrons. The highest BCUT2D eigenvalue weighted by Gasteiger charge is 2.35.